The summed E-state index contributed by atoms with van der Waals surface area (Å²) in [4.78, 5) is 4.51. The maximum absolute atomic E-state index is 5.79. The summed E-state index contributed by atoms with van der Waals surface area (Å²) < 4.78 is 5.79. The lowest BCUT2D eigenvalue weighted by atomic mass is 10.2. The van der Waals surface area contributed by atoms with Crippen molar-refractivity contribution in [3.05, 3.63) is 53.2 Å². The van der Waals surface area contributed by atoms with Gasteiger partial charge in [0, 0.05) is 18.3 Å². The van der Waals surface area contributed by atoms with Crippen LogP contribution in [0.25, 0.3) is 0 Å². The van der Waals surface area contributed by atoms with Crippen molar-refractivity contribution in [2.24, 2.45) is 0 Å². The number of hydrogen-bond acceptors (Lipinski definition) is 3. The molecule has 0 atom stereocenters. The van der Waals surface area contributed by atoms with Gasteiger partial charge in [-0.3, -0.25) is 0 Å². The molecular formula is C17H22N2O. The number of aryl methyl sites for hydroxylation is 2. The molecule has 20 heavy (non-hydrogen) atoms. The van der Waals surface area contributed by atoms with Crippen LogP contribution in [0, 0.1) is 13.8 Å². The van der Waals surface area contributed by atoms with E-state index in [0.717, 1.165) is 31.0 Å². The molecule has 1 aromatic heterocycles. The van der Waals surface area contributed by atoms with Gasteiger partial charge in [0.25, 0.3) is 0 Å². The van der Waals surface area contributed by atoms with Gasteiger partial charge in [-0.15, -0.1) is 0 Å². The fraction of sp³-hybridized carbons (Fsp3) is 0.353. The van der Waals surface area contributed by atoms with Gasteiger partial charge < -0.3 is 10.1 Å². The van der Waals surface area contributed by atoms with Gasteiger partial charge in [-0.1, -0.05) is 25.1 Å². The van der Waals surface area contributed by atoms with Crippen LogP contribution in [-0.2, 0) is 6.54 Å². The van der Waals surface area contributed by atoms with Gasteiger partial charge >= 0.3 is 0 Å². The van der Waals surface area contributed by atoms with Gasteiger partial charge in [0.1, 0.15) is 5.75 Å². The molecule has 0 bridgehead atoms. The highest BCUT2D eigenvalue weighted by Crippen LogP contribution is 2.21. The molecule has 0 aliphatic carbocycles. The first kappa shape index (κ1) is 14.5. The lowest BCUT2D eigenvalue weighted by Gasteiger charge is -2.10. The van der Waals surface area contributed by atoms with E-state index in [0.29, 0.717) is 5.88 Å². The molecular weight excluding hydrogens is 248 g/mol. The van der Waals surface area contributed by atoms with Gasteiger partial charge in [0.2, 0.25) is 5.88 Å². The normalized spacial score (nSPS) is 10.6. The zero-order valence-electron chi connectivity index (χ0n) is 12.4. The number of hydrogen-bond donors (Lipinski definition) is 1. The first-order valence-electron chi connectivity index (χ1n) is 7.11. The molecule has 0 saturated carbocycles. The lowest BCUT2D eigenvalue weighted by Crippen LogP contribution is -2.15. The van der Waals surface area contributed by atoms with Gasteiger partial charge in [-0.2, -0.15) is 0 Å². The van der Waals surface area contributed by atoms with Crippen LogP contribution < -0.4 is 10.1 Å². The zero-order chi connectivity index (χ0) is 14.4. The number of pyridine rings is 1. The Morgan fingerprint density at radius 2 is 2.00 bits per heavy atom. The zero-order valence-corrected chi connectivity index (χ0v) is 12.4. The molecule has 3 nitrogen and oxygen atoms in total. The molecule has 0 amide bonds. The van der Waals surface area contributed by atoms with Crippen LogP contribution in [-0.4, -0.2) is 11.5 Å². The second-order valence-corrected chi connectivity index (χ2v) is 4.99. The standard InChI is InChI=1S/C17H22N2O/c1-4-10-18-12-15-8-9-17(19-14(15)3)20-16-7-5-6-13(2)11-16/h5-9,11,18H,4,10,12H2,1-3H3. The van der Waals surface area contributed by atoms with Crippen molar-refractivity contribution < 1.29 is 4.74 Å². The second kappa shape index (κ2) is 7.06. The first-order chi connectivity index (χ1) is 9.69. The van der Waals surface area contributed by atoms with Crippen LogP contribution in [0.4, 0.5) is 0 Å². The Morgan fingerprint density at radius 3 is 2.70 bits per heavy atom. The highest BCUT2D eigenvalue weighted by atomic mass is 16.5. The van der Waals surface area contributed by atoms with Crippen LogP contribution in [0.3, 0.4) is 0 Å². The largest absolute Gasteiger partial charge is 0.439 e. The molecule has 0 saturated heterocycles. The fourth-order valence-corrected chi connectivity index (χ4v) is 2.01. The number of nitrogens with zero attached hydrogens (tertiary/aromatic N) is 1. The lowest BCUT2D eigenvalue weighted by molar-refractivity contribution is 0.460. The van der Waals surface area contributed by atoms with E-state index in [1.807, 2.05) is 44.2 Å². The van der Waals surface area contributed by atoms with E-state index in [1.165, 1.54) is 11.1 Å². The number of rotatable bonds is 6. The third kappa shape index (κ3) is 4.07. The average molecular weight is 270 g/mol. The van der Waals surface area contributed by atoms with Gasteiger partial charge in [0.15, 0.2) is 0 Å². The predicted octanol–water partition coefficient (Wildman–Crippen LogP) is 3.99. The maximum atomic E-state index is 5.79. The molecule has 106 valence electrons. The van der Waals surface area contributed by atoms with Crippen LogP contribution in [0.5, 0.6) is 11.6 Å². The fourth-order valence-electron chi connectivity index (χ4n) is 2.01. The second-order valence-electron chi connectivity index (χ2n) is 4.99. The smallest absolute Gasteiger partial charge is 0.219 e. The van der Waals surface area contributed by atoms with Gasteiger partial charge in [0.05, 0.1) is 0 Å². The van der Waals surface area contributed by atoms with Crippen molar-refractivity contribution in [3.8, 4) is 11.6 Å². The summed E-state index contributed by atoms with van der Waals surface area (Å²) in [5, 5.41) is 3.39. The highest BCUT2D eigenvalue weighted by molar-refractivity contribution is 5.32. The Labute approximate surface area is 121 Å². The maximum Gasteiger partial charge on any atom is 0.219 e. The Morgan fingerprint density at radius 1 is 1.15 bits per heavy atom. The van der Waals surface area contributed by atoms with Crippen LogP contribution in [0.1, 0.15) is 30.2 Å². The summed E-state index contributed by atoms with van der Waals surface area (Å²) >= 11 is 0. The summed E-state index contributed by atoms with van der Waals surface area (Å²) in [6, 6.07) is 12.0. The molecule has 2 rings (SSSR count). The average Bonchev–Trinajstić information content (AvgIpc) is 2.41. The SMILES string of the molecule is CCCNCc1ccc(Oc2cccc(C)c2)nc1C. The Hall–Kier alpha value is -1.87. The van der Waals surface area contributed by atoms with Gasteiger partial charge in [-0.05, 0) is 50.1 Å². The Balaban J connectivity index is 2.05. The number of ether oxygens (including phenoxy) is 1. The van der Waals surface area contributed by atoms with E-state index in [1.54, 1.807) is 0 Å². The summed E-state index contributed by atoms with van der Waals surface area (Å²) in [7, 11) is 0. The monoisotopic (exact) mass is 270 g/mol. The molecule has 0 unspecified atom stereocenters. The molecule has 0 fully saturated rings. The predicted molar refractivity (Wildman–Crippen MR) is 82.2 cm³/mol. The van der Waals surface area contributed by atoms with E-state index in [4.69, 9.17) is 4.74 Å². The molecule has 2 aromatic rings. The van der Waals surface area contributed by atoms with Crippen molar-refractivity contribution >= 4 is 0 Å². The summed E-state index contributed by atoms with van der Waals surface area (Å²) in [5.41, 5.74) is 3.41. The number of nitrogens with one attached hydrogen (secondary N) is 1. The number of aromatic nitrogens is 1. The van der Waals surface area contributed by atoms with Crippen molar-refractivity contribution in [1.29, 1.82) is 0 Å². The molecule has 1 aromatic carbocycles. The Kier molecular flexibility index (Phi) is 5.13. The minimum absolute atomic E-state index is 0.646. The van der Waals surface area contributed by atoms with Crippen molar-refractivity contribution in [1.82, 2.24) is 10.3 Å². The van der Waals surface area contributed by atoms with E-state index >= 15 is 0 Å². The summed E-state index contributed by atoms with van der Waals surface area (Å²) in [5.74, 6) is 1.47. The third-order valence-corrected chi connectivity index (χ3v) is 3.12. The van der Waals surface area contributed by atoms with Gasteiger partial charge in [-0.25, -0.2) is 4.98 Å². The minimum atomic E-state index is 0.646. The van der Waals surface area contributed by atoms with E-state index in [-0.39, 0.29) is 0 Å². The molecule has 1 N–H and O–H groups in total. The molecule has 0 radical (unpaired) electrons. The van der Waals surface area contributed by atoms with E-state index in [2.05, 4.69) is 23.3 Å². The molecule has 3 heteroatoms. The Bertz CT molecular complexity index is 567. The topological polar surface area (TPSA) is 34.1 Å². The van der Waals surface area contributed by atoms with Crippen LogP contribution in [0.2, 0.25) is 0 Å². The van der Waals surface area contributed by atoms with Crippen molar-refractivity contribution in [3.63, 3.8) is 0 Å². The van der Waals surface area contributed by atoms with Crippen molar-refractivity contribution in [2.45, 2.75) is 33.7 Å². The highest BCUT2D eigenvalue weighted by Gasteiger charge is 2.04. The van der Waals surface area contributed by atoms with Crippen molar-refractivity contribution in [2.75, 3.05) is 6.54 Å². The third-order valence-electron chi connectivity index (χ3n) is 3.12. The quantitative estimate of drug-likeness (QED) is 0.806. The summed E-state index contributed by atoms with van der Waals surface area (Å²) in [6.07, 6.45) is 1.14. The minimum Gasteiger partial charge on any atom is -0.439 e. The molecule has 0 aliphatic rings. The summed E-state index contributed by atoms with van der Waals surface area (Å²) in [6.45, 7) is 8.12. The number of benzene rings is 1. The van der Waals surface area contributed by atoms with Crippen LogP contribution >= 0.6 is 0 Å². The van der Waals surface area contributed by atoms with Crippen LogP contribution in [0.15, 0.2) is 36.4 Å². The first-order valence-corrected chi connectivity index (χ1v) is 7.11. The molecule has 0 spiro atoms. The molecule has 1 heterocycles. The van der Waals surface area contributed by atoms with E-state index in [9.17, 15) is 0 Å². The molecule has 0 aliphatic heterocycles. The van der Waals surface area contributed by atoms with E-state index < -0.39 is 0 Å².